The summed E-state index contributed by atoms with van der Waals surface area (Å²) < 4.78 is 45.7. The zero-order valence-electron chi connectivity index (χ0n) is 14.8. The lowest BCUT2D eigenvalue weighted by Crippen LogP contribution is -2.11. The highest BCUT2D eigenvalue weighted by Gasteiger charge is 2.27. The van der Waals surface area contributed by atoms with E-state index in [9.17, 15) is 8.78 Å². The molecule has 3 rings (SSSR count). The number of unbranched alkanes of at least 4 members (excludes halogenated alkanes) is 1. The van der Waals surface area contributed by atoms with E-state index in [2.05, 4.69) is 11.8 Å². The average Bonchev–Trinajstić information content (AvgIpc) is 2.65. The first kappa shape index (κ1) is 18.1. The molecule has 3 nitrogen and oxygen atoms in total. The van der Waals surface area contributed by atoms with Gasteiger partial charge in [0, 0.05) is 11.1 Å². The van der Waals surface area contributed by atoms with E-state index in [0.717, 1.165) is 12.8 Å². The predicted octanol–water partition coefficient (Wildman–Crippen LogP) is 5.11. The molecule has 0 N–H and O–H groups in total. The molecule has 0 spiro atoms. The molecule has 1 aliphatic heterocycles. The first-order valence-corrected chi connectivity index (χ1v) is 8.59. The normalized spacial score (nSPS) is 11.5. The van der Waals surface area contributed by atoms with Crippen LogP contribution in [-0.4, -0.2) is 13.2 Å². The molecule has 0 saturated carbocycles. The molecule has 0 amide bonds. The molecule has 1 aliphatic rings. The van der Waals surface area contributed by atoms with Crippen LogP contribution < -0.4 is 14.2 Å². The van der Waals surface area contributed by atoms with Crippen LogP contribution >= 0.6 is 0 Å². The largest absolute Gasteiger partial charge is 0.490 e. The van der Waals surface area contributed by atoms with Crippen LogP contribution in [0, 0.1) is 23.5 Å². The summed E-state index contributed by atoms with van der Waals surface area (Å²) in [6.07, 6.45) is 1.81. The molecule has 2 aromatic rings. The third-order valence-electron chi connectivity index (χ3n) is 4.15. The fourth-order valence-corrected chi connectivity index (χ4v) is 2.76. The SMILES string of the molecule is CC#CCOc1ccc2c(c1F)COc1c-2ccc(OCCCC)c1F. The number of hydrogen-bond acceptors (Lipinski definition) is 3. The van der Waals surface area contributed by atoms with Gasteiger partial charge in [-0.3, -0.25) is 0 Å². The lowest BCUT2D eigenvalue weighted by atomic mass is 9.96. The maximum atomic E-state index is 14.7. The van der Waals surface area contributed by atoms with Crippen LogP contribution in [0.3, 0.4) is 0 Å². The molecule has 0 unspecified atom stereocenters. The van der Waals surface area contributed by atoms with Crippen molar-refractivity contribution in [2.45, 2.75) is 33.3 Å². The van der Waals surface area contributed by atoms with Crippen molar-refractivity contribution in [2.24, 2.45) is 0 Å². The lowest BCUT2D eigenvalue weighted by molar-refractivity contribution is 0.258. The van der Waals surface area contributed by atoms with Crippen LogP contribution in [0.25, 0.3) is 11.1 Å². The topological polar surface area (TPSA) is 27.7 Å². The van der Waals surface area contributed by atoms with Crippen molar-refractivity contribution in [3.8, 4) is 40.2 Å². The quantitative estimate of drug-likeness (QED) is 0.531. The first-order chi connectivity index (χ1) is 12.7. The maximum absolute atomic E-state index is 14.7. The molecule has 0 aromatic heterocycles. The second-order valence-electron chi connectivity index (χ2n) is 5.86. The molecule has 0 fully saturated rings. The highest BCUT2D eigenvalue weighted by atomic mass is 19.1. The summed E-state index contributed by atoms with van der Waals surface area (Å²) in [6, 6.07) is 6.50. The Morgan fingerprint density at radius 3 is 2.50 bits per heavy atom. The minimum Gasteiger partial charge on any atom is -0.490 e. The van der Waals surface area contributed by atoms with Crippen molar-refractivity contribution in [2.75, 3.05) is 13.2 Å². The van der Waals surface area contributed by atoms with Crippen LogP contribution in [-0.2, 0) is 6.61 Å². The number of ether oxygens (including phenoxy) is 3. The van der Waals surface area contributed by atoms with Crippen LogP contribution in [0.1, 0.15) is 32.3 Å². The lowest BCUT2D eigenvalue weighted by Gasteiger charge is -2.23. The summed E-state index contributed by atoms with van der Waals surface area (Å²) in [6.45, 7) is 4.20. The van der Waals surface area contributed by atoms with E-state index in [1.807, 2.05) is 6.92 Å². The third-order valence-corrected chi connectivity index (χ3v) is 4.15. The Morgan fingerprint density at radius 1 is 1.04 bits per heavy atom. The van der Waals surface area contributed by atoms with Crippen molar-refractivity contribution in [3.63, 3.8) is 0 Å². The minimum absolute atomic E-state index is 0.0693. The smallest absolute Gasteiger partial charge is 0.207 e. The summed E-state index contributed by atoms with van der Waals surface area (Å²) in [5.41, 5.74) is 1.44. The summed E-state index contributed by atoms with van der Waals surface area (Å²) in [7, 11) is 0. The van der Waals surface area contributed by atoms with Crippen LogP contribution in [0.5, 0.6) is 17.2 Å². The van der Waals surface area contributed by atoms with E-state index in [1.165, 1.54) is 6.07 Å². The molecule has 0 atom stereocenters. The van der Waals surface area contributed by atoms with Crippen molar-refractivity contribution in [1.82, 2.24) is 0 Å². The summed E-state index contributed by atoms with van der Waals surface area (Å²) >= 11 is 0. The number of fused-ring (bicyclic) bond motifs is 3. The Balaban J connectivity index is 1.92. The fourth-order valence-electron chi connectivity index (χ4n) is 2.76. The molecule has 0 aliphatic carbocycles. The monoisotopic (exact) mass is 358 g/mol. The van der Waals surface area contributed by atoms with E-state index in [0.29, 0.717) is 23.3 Å². The van der Waals surface area contributed by atoms with Gasteiger partial charge in [-0.25, -0.2) is 4.39 Å². The molecule has 0 bridgehead atoms. The van der Waals surface area contributed by atoms with Gasteiger partial charge < -0.3 is 14.2 Å². The maximum Gasteiger partial charge on any atom is 0.207 e. The van der Waals surface area contributed by atoms with E-state index in [4.69, 9.17) is 14.2 Å². The second-order valence-corrected chi connectivity index (χ2v) is 5.86. The Bertz CT molecular complexity index is 866. The Morgan fingerprint density at radius 2 is 1.77 bits per heavy atom. The van der Waals surface area contributed by atoms with Gasteiger partial charge in [-0.15, -0.1) is 5.92 Å². The first-order valence-electron chi connectivity index (χ1n) is 8.59. The zero-order valence-corrected chi connectivity index (χ0v) is 14.8. The van der Waals surface area contributed by atoms with E-state index >= 15 is 0 Å². The molecule has 2 aromatic carbocycles. The van der Waals surface area contributed by atoms with Gasteiger partial charge >= 0.3 is 0 Å². The Kier molecular flexibility index (Phi) is 5.62. The van der Waals surface area contributed by atoms with Gasteiger partial charge in [0.15, 0.2) is 23.1 Å². The van der Waals surface area contributed by atoms with Crippen LogP contribution in [0.4, 0.5) is 8.78 Å². The molecule has 136 valence electrons. The third kappa shape index (κ3) is 3.45. The van der Waals surface area contributed by atoms with Gasteiger partial charge in [0.05, 0.1) is 6.61 Å². The summed E-state index contributed by atoms with van der Waals surface area (Å²) in [5, 5.41) is 0. The van der Waals surface area contributed by atoms with Gasteiger partial charge in [-0.2, -0.15) is 4.39 Å². The van der Waals surface area contributed by atoms with Crippen molar-refractivity contribution >= 4 is 0 Å². The van der Waals surface area contributed by atoms with Gasteiger partial charge in [0.25, 0.3) is 0 Å². The standard InChI is InChI=1S/C21H20F2O3/c1-3-5-11-24-17-9-7-14-15-8-10-18(25-12-6-4-2)20(23)21(15)26-13-16(14)19(17)22/h7-10H,4,6,11-13H2,1-2H3. The Hall–Kier alpha value is -2.74. The van der Waals surface area contributed by atoms with Gasteiger partial charge in [-0.1, -0.05) is 19.3 Å². The van der Waals surface area contributed by atoms with Gasteiger partial charge in [-0.05, 0) is 43.2 Å². The molecular weight excluding hydrogens is 338 g/mol. The van der Waals surface area contributed by atoms with E-state index < -0.39 is 11.6 Å². The van der Waals surface area contributed by atoms with Crippen LogP contribution in [0.15, 0.2) is 24.3 Å². The zero-order chi connectivity index (χ0) is 18.5. The molecule has 0 radical (unpaired) electrons. The fraction of sp³-hybridized carbons (Fsp3) is 0.333. The molecular formula is C21H20F2O3. The number of rotatable bonds is 6. The minimum atomic E-state index is -0.553. The number of halogens is 2. The molecule has 26 heavy (non-hydrogen) atoms. The number of benzene rings is 2. The molecule has 1 heterocycles. The highest BCUT2D eigenvalue weighted by molar-refractivity contribution is 5.77. The van der Waals surface area contributed by atoms with E-state index in [1.54, 1.807) is 25.1 Å². The summed E-state index contributed by atoms with van der Waals surface area (Å²) in [5.74, 6) is 4.71. The average molecular weight is 358 g/mol. The van der Waals surface area contributed by atoms with Crippen molar-refractivity contribution in [1.29, 1.82) is 0 Å². The predicted molar refractivity (Wildman–Crippen MR) is 95.5 cm³/mol. The summed E-state index contributed by atoms with van der Waals surface area (Å²) in [4.78, 5) is 0. The van der Waals surface area contributed by atoms with Crippen molar-refractivity contribution < 1.29 is 23.0 Å². The molecule has 0 saturated heterocycles. The van der Waals surface area contributed by atoms with Crippen molar-refractivity contribution in [3.05, 3.63) is 41.5 Å². The number of hydrogen-bond donors (Lipinski definition) is 0. The highest BCUT2D eigenvalue weighted by Crippen LogP contribution is 2.44. The van der Waals surface area contributed by atoms with Gasteiger partial charge in [0.2, 0.25) is 5.82 Å². The molecule has 5 heteroatoms. The van der Waals surface area contributed by atoms with E-state index in [-0.39, 0.29) is 30.5 Å². The van der Waals surface area contributed by atoms with Crippen LogP contribution in [0.2, 0.25) is 0 Å². The second kappa shape index (κ2) is 8.09. The Labute approximate surface area is 151 Å². The van der Waals surface area contributed by atoms with Gasteiger partial charge in [0.1, 0.15) is 13.2 Å².